The maximum Gasteiger partial charge on any atom is 0.337 e. The molecule has 0 radical (unpaired) electrons. The Kier molecular flexibility index (Phi) is 4.28. The number of methoxy groups -OCH3 is 1. The molecule has 0 aromatic heterocycles. The number of carbonyl (C=O) groups excluding carboxylic acids is 2. The Hall–Kier alpha value is -2.04. The van der Waals surface area contributed by atoms with Gasteiger partial charge in [0.1, 0.15) is 0 Å². The molecule has 1 N–H and O–H groups in total. The van der Waals surface area contributed by atoms with Crippen LogP contribution in [-0.4, -0.2) is 19.0 Å². The molecular formula is C18H15Cl2NO3. The first-order valence-corrected chi connectivity index (χ1v) is 8.09. The van der Waals surface area contributed by atoms with Crippen LogP contribution in [0.25, 0.3) is 0 Å². The van der Waals surface area contributed by atoms with Crippen LogP contribution in [0.4, 0.5) is 5.69 Å². The van der Waals surface area contributed by atoms with E-state index in [1.807, 2.05) is 13.0 Å². The molecule has 1 atom stereocenters. The summed E-state index contributed by atoms with van der Waals surface area (Å²) >= 11 is 12.5. The second-order valence-corrected chi connectivity index (χ2v) is 6.75. The van der Waals surface area contributed by atoms with E-state index in [-0.39, 0.29) is 5.91 Å². The molecule has 0 aliphatic carbocycles. The van der Waals surface area contributed by atoms with Crippen molar-refractivity contribution in [1.82, 2.24) is 0 Å². The molecule has 2 aromatic carbocycles. The lowest BCUT2D eigenvalue weighted by Crippen LogP contribution is -2.33. The van der Waals surface area contributed by atoms with Gasteiger partial charge in [0.2, 0.25) is 5.91 Å². The van der Waals surface area contributed by atoms with Gasteiger partial charge in [-0.2, -0.15) is 0 Å². The van der Waals surface area contributed by atoms with Crippen molar-refractivity contribution in [2.45, 2.75) is 18.8 Å². The molecule has 1 amide bonds. The van der Waals surface area contributed by atoms with Gasteiger partial charge in [-0.05, 0) is 43.2 Å². The molecule has 3 rings (SSSR count). The quantitative estimate of drug-likeness (QED) is 0.830. The zero-order valence-corrected chi connectivity index (χ0v) is 14.7. The fourth-order valence-electron chi connectivity index (χ4n) is 3.08. The Morgan fingerprint density at radius 2 is 1.92 bits per heavy atom. The molecule has 0 fully saturated rings. The number of hydrogen-bond donors (Lipinski definition) is 1. The third kappa shape index (κ3) is 2.66. The van der Waals surface area contributed by atoms with E-state index in [4.69, 9.17) is 27.9 Å². The van der Waals surface area contributed by atoms with Gasteiger partial charge >= 0.3 is 5.97 Å². The highest BCUT2D eigenvalue weighted by atomic mass is 35.5. The molecule has 0 saturated heterocycles. The average Bonchev–Trinajstić information content (AvgIpc) is 2.83. The third-order valence-corrected chi connectivity index (χ3v) is 4.93. The number of nitrogens with one attached hydrogen (secondary N) is 1. The summed E-state index contributed by atoms with van der Waals surface area (Å²) in [5.74, 6) is -0.588. The van der Waals surface area contributed by atoms with Crippen molar-refractivity contribution in [3.8, 4) is 0 Å². The van der Waals surface area contributed by atoms with Gasteiger partial charge in [0.05, 0.1) is 28.8 Å². The van der Waals surface area contributed by atoms with Gasteiger partial charge in [-0.25, -0.2) is 4.79 Å². The van der Waals surface area contributed by atoms with Crippen molar-refractivity contribution in [2.24, 2.45) is 0 Å². The third-order valence-electron chi connectivity index (χ3n) is 4.30. The second kappa shape index (κ2) is 6.11. The van der Waals surface area contributed by atoms with Crippen LogP contribution in [0.15, 0.2) is 36.4 Å². The van der Waals surface area contributed by atoms with E-state index < -0.39 is 11.4 Å². The minimum atomic E-state index is -0.869. The Balaban J connectivity index is 2.04. The number of hydrogen-bond acceptors (Lipinski definition) is 3. The van der Waals surface area contributed by atoms with Crippen molar-refractivity contribution in [1.29, 1.82) is 0 Å². The number of fused-ring (bicyclic) bond motifs is 1. The molecule has 24 heavy (non-hydrogen) atoms. The molecule has 2 aromatic rings. The van der Waals surface area contributed by atoms with Crippen molar-refractivity contribution in [3.63, 3.8) is 0 Å². The van der Waals surface area contributed by atoms with Crippen LogP contribution in [0.3, 0.4) is 0 Å². The van der Waals surface area contributed by atoms with Gasteiger partial charge < -0.3 is 10.1 Å². The van der Waals surface area contributed by atoms with Gasteiger partial charge in [0.15, 0.2) is 0 Å². The van der Waals surface area contributed by atoms with Crippen LogP contribution in [0.2, 0.25) is 10.0 Å². The summed E-state index contributed by atoms with van der Waals surface area (Å²) in [7, 11) is 1.33. The highest BCUT2D eigenvalue weighted by Crippen LogP contribution is 2.47. The Labute approximate surface area is 149 Å². The van der Waals surface area contributed by atoms with Crippen LogP contribution in [0.5, 0.6) is 0 Å². The zero-order valence-electron chi connectivity index (χ0n) is 13.2. The van der Waals surface area contributed by atoms with E-state index in [0.29, 0.717) is 33.3 Å². The number of ether oxygens (including phenoxy) is 1. The van der Waals surface area contributed by atoms with Crippen molar-refractivity contribution < 1.29 is 14.3 Å². The molecule has 1 aliphatic heterocycles. The summed E-state index contributed by atoms with van der Waals surface area (Å²) in [6, 6.07) is 10.4. The van der Waals surface area contributed by atoms with Crippen molar-refractivity contribution in [2.75, 3.05) is 12.4 Å². The van der Waals surface area contributed by atoms with Gasteiger partial charge in [-0.15, -0.1) is 0 Å². The molecule has 0 bridgehead atoms. The second-order valence-electron chi connectivity index (χ2n) is 5.93. The largest absolute Gasteiger partial charge is 0.465 e. The van der Waals surface area contributed by atoms with E-state index >= 15 is 0 Å². The Morgan fingerprint density at radius 3 is 2.62 bits per heavy atom. The smallest absolute Gasteiger partial charge is 0.337 e. The molecule has 124 valence electrons. The maximum atomic E-state index is 12.6. The first-order valence-electron chi connectivity index (χ1n) is 7.34. The first kappa shape index (κ1) is 16.8. The molecule has 0 saturated carbocycles. The van der Waals surface area contributed by atoms with E-state index in [2.05, 4.69) is 5.32 Å². The summed E-state index contributed by atoms with van der Waals surface area (Å²) in [5, 5.41) is 3.76. The molecular weight excluding hydrogens is 349 g/mol. The number of carbonyl (C=O) groups is 2. The maximum absolute atomic E-state index is 12.6. The SMILES string of the molecule is COC(=O)c1cccc(CC2(C)C(=O)Nc3c(Cl)ccc(Cl)c32)c1. The highest BCUT2D eigenvalue weighted by molar-refractivity contribution is 6.38. The number of anilines is 1. The van der Waals surface area contributed by atoms with Gasteiger partial charge in [0, 0.05) is 10.6 Å². The lowest BCUT2D eigenvalue weighted by Gasteiger charge is -2.23. The first-order chi connectivity index (χ1) is 11.4. The molecule has 4 nitrogen and oxygen atoms in total. The molecule has 1 heterocycles. The van der Waals surface area contributed by atoms with Gasteiger partial charge in [0.25, 0.3) is 0 Å². The average molecular weight is 364 g/mol. The Morgan fingerprint density at radius 1 is 1.21 bits per heavy atom. The summed E-state index contributed by atoms with van der Waals surface area (Å²) < 4.78 is 4.74. The summed E-state index contributed by atoms with van der Waals surface area (Å²) in [6.07, 6.45) is 0.386. The monoisotopic (exact) mass is 363 g/mol. The number of benzene rings is 2. The fourth-order valence-corrected chi connectivity index (χ4v) is 3.65. The van der Waals surface area contributed by atoms with Crippen molar-refractivity contribution in [3.05, 3.63) is 63.1 Å². The van der Waals surface area contributed by atoms with Crippen LogP contribution >= 0.6 is 23.2 Å². The minimum absolute atomic E-state index is 0.170. The van der Waals surface area contributed by atoms with Crippen molar-refractivity contribution >= 4 is 40.8 Å². The summed E-state index contributed by atoms with van der Waals surface area (Å²) in [6.45, 7) is 1.82. The standard InChI is InChI=1S/C18H15Cl2NO3/c1-18(9-10-4-3-5-11(8-10)16(22)24-2)14-12(19)6-7-13(20)15(14)21-17(18)23/h3-8H,9H2,1-2H3,(H,21,23). The molecule has 1 aliphatic rings. The van der Waals surface area contributed by atoms with Crippen LogP contribution < -0.4 is 5.32 Å². The van der Waals surface area contributed by atoms with E-state index in [9.17, 15) is 9.59 Å². The van der Waals surface area contributed by atoms with E-state index in [0.717, 1.165) is 5.56 Å². The number of amides is 1. The highest BCUT2D eigenvalue weighted by Gasteiger charge is 2.45. The van der Waals surface area contributed by atoms with Crippen LogP contribution in [0, 0.1) is 0 Å². The van der Waals surface area contributed by atoms with Crippen LogP contribution in [0.1, 0.15) is 28.4 Å². The topological polar surface area (TPSA) is 55.4 Å². The fraction of sp³-hybridized carbons (Fsp3) is 0.222. The molecule has 0 spiro atoms. The predicted octanol–water partition coefficient (Wildman–Crippen LogP) is 4.23. The summed E-state index contributed by atoms with van der Waals surface area (Å²) in [4.78, 5) is 24.3. The minimum Gasteiger partial charge on any atom is -0.465 e. The summed E-state index contributed by atoms with van der Waals surface area (Å²) in [5.41, 5.74) is 1.64. The normalized spacial score (nSPS) is 18.9. The van der Waals surface area contributed by atoms with Gasteiger partial charge in [-0.1, -0.05) is 35.3 Å². The van der Waals surface area contributed by atoms with E-state index in [1.165, 1.54) is 7.11 Å². The molecule has 6 heteroatoms. The number of halogens is 2. The Bertz CT molecular complexity index is 850. The lowest BCUT2D eigenvalue weighted by atomic mass is 9.78. The van der Waals surface area contributed by atoms with Crippen LogP contribution in [-0.2, 0) is 21.4 Å². The predicted molar refractivity (Wildman–Crippen MR) is 93.9 cm³/mol. The lowest BCUT2D eigenvalue weighted by molar-refractivity contribution is -0.120. The van der Waals surface area contributed by atoms with Gasteiger partial charge in [-0.3, -0.25) is 4.79 Å². The number of esters is 1. The van der Waals surface area contributed by atoms with E-state index in [1.54, 1.807) is 30.3 Å². The number of rotatable bonds is 3. The molecule has 1 unspecified atom stereocenters. The zero-order chi connectivity index (χ0) is 17.5.